The van der Waals surface area contributed by atoms with Gasteiger partial charge in [0, 0.05) is 17.5 Å². The lowest BCUT2D eigenvalue weighted by Gasteiger charge is -2.17. The minimum absolute atomic E-state index is 0.140. The Morgan fingerprint density at radius 2 is 1.88 bits per heavy atom. The number of pyridine rings is 1. The van der Waals surface area contributed by atoms with E-state index in [4.69, 9.17) is 4.98 Å². The number of nitrogens with one attached hydrogen (secondary N) is 1. The zero-order valence-corrected chi connectivity index (χ0v) is 10.8. The van der Waals surface area contributed by atoms with Crippen molar-refractivity contribution in [3.63, 3.8) is 0 Å². The molecule has 0 fully saturated rings. The van der Waals surface area contributed by atoms with E-state index in [0.29, 0.717) is 5.92 Å². The largest absolute Gasteiger partial charge is 0.360 e. The van der Waals surface area contributed by atoms with Gasteiger partial charge >= 0.3 is 0 Å². The number of H-pyrrole nitrogens is 1. The molecule has 0 radical (unpaired) electrons. The Morgan fingerprint density at radius 1 is 1.19 bits per heavy atom. The number of rotatable bonds is 1. The summed E-state index contributed by atoms with van der Waals surface area (Å²) in [5, 5.41) is 0. The molecule has 0 saturated heterocycles. The van der Waals surface area contributed by atoms with E-state index < -0.39 is 0 Å². The highest BCUT2D eigenvalue weighted by atomic mass is 14.8. The second-order valence-electron chi connectivity index (χ2n) is 5.74. The van der Waals surface area contributed by atoms with E-state index in [0.717, 1.165) is 16.7 Å². The first-order chi connectivity index (χ1) is 7.39. The van der Waals surface area contributed by atoms with Crippen LogP contribution in [0.2, 0.25) is 0 Å². The second-order valence-corrected chi connectivity index (χ2v) is 5.74. The highest BCUT2D eigenvalue weighted by Gasteiger charge is 2.19. The molecule has 0 aliphatic carbocycles. The van der Waals surface area contributed by atoms with Crippen LogP contribution in [0.15, 0.2) is 18.3 Å². The fraction of sp³-hybridized carbons (Fsp3) is 0.500. The summed E-state index contributed by atoms with van der Waals surface area (Å²) in [7, 11) is 0. The van der Waals surface area contributed by atoms with Gasteiger partial charge < -0.3 is 4.98 Å². The first-order valence-corrected chi connectivity index (χ1v) is 5.88. The van der Waals surface area contributed by atoms with E-state index >= 15 is 0 Å². The first-order valence-electron chi connectivity index (χ1n) is 5.88. The molecule has 0 spiro atoms. The summed E-state index contributed by atoms with van der Waals surface area (Å²) in [6.07, 6.45) is 2.09. The highest BCUT2D eigenvalue weighted by Crippen LogP contribution is 2.29. The molecule has 0 amide bonds. The van der Waals surface area contributed by atoms with Gasteiger partial charge in [-0.1, -0.05) is 34.6 Å². The van der Waals surface area contributed by atoms with E-state index in [1.54, 1.807) is 0 Å². The summed E-state index contributed by atoms with van der Waals surface area (Å²) in [4.78, 5) is 8.07. The molecular weight excluding hydrogens is 196 g/mol. The zero-order chi connectivity index (χ0) is 11.9. The molecule has 2 nitrogen and oxygen atoms in total. The Hall–Kier alpha value is -1.31. The molecule has 2 heterocycles. The predicted octanol–water partition coefficient (Wildman–Crippen LogP) is 3.98. The Kier molecular flexibility index (Phi) is 2.53. The maximum atomic E-state index is 4.77. The average molecular weight is 216 g/mol. The van der Waals surface area contributed by atoms with E-state index in [9.17, 15) is 0 Å². The highest BCUT2D eigenvalue weighted by molar-refractivity contribution is 5.80. The zero-order valence-electron chi connectivity index (χ0n) is 10.8. The second kappa shape index (κ2) is 3.62. The monoisotopic (exact) mass is 216 g/mol. The Morgan fingerprint density at radius 3 is 2.44 bits per heavy atom. The molecule has 0 unspecified atom stereocenters. The molecule has 0 atom stereocenters. The summed E-state index contributed by atoms with van der Waals surface area (Å²) < 4.78 is 0. The van der Waals surface area contributed by atoms with Gasteiger partial charge in [0.2, 0.25) is 0 Å². The van der Waals surface area contributed by atoms with Crippen molar-refractivity contribution in [1.82, 2.24) is 9.97 Å². The van der Waals surface area contributed by atoms with Gasteiger partial charge in [-0.05, 0) is 23.5 Å². The van der Waals surface area contributed by atoms with Crippen molar-refractivity contribution in [2.45, 2.75) is 46.0 Å². The number of hydrogen-bond donors (Lipinski definition) is 1. The van der Waals surface area contributed by atoms with Gasteiger partial charge in [-0.3, -0.25) is 4.98 Å². The number of nitrogens with zero attached hydrogens (tertiary/aromatic N) is 1. The van der Waals surface area contributed by atoms with Gasteiger partial charge in [0.05, 0.1) is 11.0 Å². The molecule has 0 aromatic carbocycles. The summed E-state index contributed by atoms with van der Waals surface area (Å²) in [5.41, 5.74) is 4.86. The van der Waals surface area contributed by atoms with Crippen molar-refractivity contribution in [2.24, 2.45) is 0 Å². The smallest absolute Gasteiger partial charge is 0.0919 e. The standard InChI is InChI=1S/C14H20N2/c1-9(2)11-6-7-12-13(16-11)10(8-15-12)14(3,4)5/h6-9,15H,1-5H3. The van der Waals surface area contributed by atoms with Gasteiger partial charge in [-0.2, -0.15) is 0 Å². The average Bonchev–Trinajstić information content (AvgIpc) is 2.58. The Labute approximate surface area is 97.1 Å². The minimum atomic E-state index is 0.140. The Balaban J connectivity index is 2.65. The van der Waals surface area contributed by atoms with E-state index in [1.165, 1.54) is 5.56 Å². The van der Waals surface area contributed by atoms with E-state index in [-0.39, 0.29) is 5.41 Å². The molecular formula is C14H20N2. The fourth-order valence-electron chi connectivity index (χ4n) is 1.91. The molecule has 16 heavy (non-hydrogen) atoms. The molecule has 2 heteroatoms. The van der Waals surface area contributed by atoms with Crippen LogP contribution in [0.4, 0.5) is 0 Å². The van der Waals surface area contributed by atoms with E-state index in [1.807, 2.05) is 0 Å². The van der Waals surface area contributed by atoms with Gasteiger partial charge in [-0.25, -0.2) is 0 Å². The van der Waals surface area contributed by atoms with Crippen LogP contribution in [-0.4, -0.2) is 9.97 Å². The first kappa shape index (κ1) is 11.2. The normalized spacial score (nSPS) is 12.6. The van der Waals surface area contributed by atoms with Crippen molar-refractivity contribution in [1.29, 1.82) is 0 Å². The van der Waals surface area contributed by atoms with Crippen molar-refractivity contribution in [3.05, 3.63) is 29.6 Å². The number of fused-ring (bicyclic) bond motifs is 1. The number of aromatic nitrogens is 2. The van der Waals surface area contributed by atoms with Gasteiger partial charge in [0.25, 0.3) is 0 Å². The van der Waals surface area contributed by atoms with Crippen LogP contribution >= 0.6 is 0 Å². The molecule has 0 aliphatic rings. The summed E-state index contributed by atoms with van der Waals surface area (Å²) in [6, 6.07) is 4.24. The molecule has 2 aromatic rings. The quantitative estimate of drug-likeness (QED) is 0.767. The van der Waals surface area contributed by atoms with Gasteiger partial charge in [-0.15, -0.1) is 0 Å². The van der Waals surface area contributed by atoms with E-state index in [2.05, 4.69) is 57.9 Å². The van der Waals surface area contributed by atoms with Crippen molar-refractivity contribution < 1.29 is 0 Å². The third kappa shape index (κ3) is 1.84. The van der Waals surface area contributed by atoms with Crippen LogP contribution < -0.4 is 0 Å². The molecule has 1 N–H and O–H groups in total. The van der Waals surface area contributed by atoms with Crippen molar-refractivity contribution >= 4 is 11.0 Å². The predicted molar refractivity (Wildman–Crippen MR) is 68.9 cm³/mol. The van der Waals surface area contributed by atoms with Crippen molar-refractivity contribution in [2.75, 3.05) is 0 Å². The lowest BCUT2D eigenvalue weighted by atomic mass is 9.88. The lowest BCUT2D eigenvalue weighted by Crippen LogP contribution is -2.10. The van der Waals surface area contributed by atoms with Crippen LogP contribution in [0, 0.1) is 0 Å². The SMILES string of the molecule is CC(C)c1ccc2[nH]cc(C(C)(C)C)c2n1. The summed E-state index contributed by atoms with van der Waals surface area (Å²) >= 11 is 0. The number of aromatic amines is 1. The van der Waals surface area contributed by atoms with Gasteiger partial charge in [0.1, 0.15) is 0 Å². The summed E-state index contributed by atoms with van der Waals surface area (Å²) in [5.74, 6) is 0.479. The topological polar surface area (TPSA) is 28.7 Å². The third-order valence-electron chi connectivity index (χ3n) is 2.94. The van der Waals surface area contributed by atoms with Crippen LogP contribution in [0.25, 0.3) is 11.0 Å². The Bertz CT molecular complexity index is 501. The number of hydrogen-bond acceptors (Lipinski definition) is 1. The molecule has 0 bridgehead atoms. The van der Waals surface area contributed by atoms with Crippen LogP contribution in [0.3, 0.4) is 0 Å². The van der Waals surface area contributed by atoms with Crippen LogP contribution in [-0.2, 0) is 5.41 Å². The third-order valence-corrected chi connectivity index (χ3v) is 2.94. The molecule has 2 rings (SSSR count). The van der Waals surface area contributed by atoms with Crippen molar-refractivity contribution in [3.8, 4) is 0 Å². The minimum Gasteiger partial charge on any atom is -0.360 e. The molecule has 2 aromatic heterocycles. The maximum Gasteiger partial charge on any atom is 0.0919 e. The van der Waals surface area contributed by atoms with Gasteiger partial charge in [0.15, 0.2) is 0 Å². The maximum absolute atomic E-state index is 4.77. The molecule has 0 aliphatic heterocycles. The van der Waals surface area contributed by atoms with Crippen LogP contribution in [0.5, 0.6) is 0 Å². The molecule has 86 valence electrons. The summed E-state index contributed by atoms with van der Waals surface area (Å²) in [6.45, 7) is 11.0. The fourth-order valence-corrected chi connectivity index (χ4v) is 1.91. The lowest BCUT2D eigenvalue weighted by molar-refractivity contribution is 0.594. The van der Waals surface area contributed by atoms with Crippen LogP contribution in [0.1, 0.15) is 51.8 Å². The molecule has 0 saturated carbocycles.